The van der Waals surface area contributed by atoms with Gasteiger partial charge in [0.2, 0.25) is 0 Å². The first-order valence-corrected chi connectivity index (χ1v) is 5.97. The van der Waals surface area contributed by atoms with E-state index in [1.807, 2.05) is 24.3 Å². The number of carboxylic acids is 1. The van der Waals surface area contributed by atoms with Crippen LogP contribution in [0.4, 0.5) is 0 Å². The van der Waals surface area contributed by atoms with Crippen molar-refractivity contribution in [3.05, 3.63) is 65.0 Å². The maximum absolute atomic E-state index is 10.9. The van der Waals surface area contributed by atoms with Gasteiger partial charge in [-0.15, -0.1) is 0 Å². The molecular formula is C15H15NO3. The molecule has 2 rings (SSSR count). The maximum Gasteiger partial charge on any atom is 0.335 e. The van der Waals surface area contributed by atoms with Gasteiger partial charge in [0.25, 0.3) is 0 Å². The third-order valence-electron chi connectivity index (χ3n) is 2.77. The lowest BCUT2D eigenvalue weighted by molar-refractivity contribution is 0.0695. The number of nitrogens with zero attached hydrogens (tertiary/aromatic N) is 1. The van der Waals surface area contributed by atoms with E-state index >= 15 is 0 Å². The molecule has 2 aromatic rings. The molecule has 0 spiro atoms. The van der Waals surface area contributed by atoms with Gasteiger partial charge in [0, 0.05) is 6.20 Å². The predicted molar refractivity (Wildman–Crippen MR) is 70.9 cm³/mol. The summed E-state index contributed by atoms with van der Waals surface area (Å²) < 4.78 is 5.55. The number of ether oxygens (including phenoxy) is 1. The molecule has 0 saturated carbocycles. The number of aryl methyl sites for hydroxylation is 1. The van der Waals surface area contributed by atoms with Crippen molar-refractivity contribution >= 4 is 5.97 Å². The van der Waals surface area contributed by atoms with Crippen molar-refractivity contribution in [1.82, 2.24) is 4.98 Å². The largest absolute Gasteiger partial charge is 0.478 e. The Morgan fingerprint density at radius 2 is 2.11 bits per heavy atom. The molecule has 0 aliphatic rings. The van der Waals surface area contributed by atoms with Crippen LogP contribution in [0.5, 0.6) is 0 Å². The Bertz CT molecular complexity index is 567. The summed E-state index contributed by atoms with van der Waals surface area (Å²) in [4.78, 5) is 15.1. The summed E-state index contributed by atoms with van der Waals surface area (Å²) >= 11 is 0. The molecule has 1 aromatic heterocycles. The fourth-order valence-corrected chi connectivity index (χ4v) is 1.81. The fourth-order valence-electron chi connectivity index (χ4n) is 1.81. The van der Waals surface area contributed by atoms with Gasteiger partial charge >= 0.3 is 5.97 Å². The number of aromatic nitrogens is 1. The number of hydrogen-bond donors (Lipinski definition) is 1. The number of hydrogen-bond acceptors (Lipinski definition) is 3. The van der Waals surface area contributed by atoms with E-state index in [9.17, 15) is 4.79 Å². The van der Waals surface area contributed by atoms with E-state index in [1.165, 1.54) is 0 Å². The molecule has 1 heterocycles. The van der Waals surface area contributed by atoms with Gasteiger partial charge in [-0.05, 0) is 36.2 Å². The lowest BCUT2D eigenvalue weighted by Gasteiger charge is -2.06. The Morgan fingerprint density at radius 3 is 2.74 bits per heavy atom. The molecule has 0 radical (unpaired) electrons. The zero-order valence-corrected chi connectivity index (χ0v) is 10.7. The van der Waals surface area contributed by atoms with E-state index in [1.54, 1.807) is 25.3 Å². The quantitative estimate of drug-likeness (QED) is 0.894. The molecule has 0 unspecified atom stereocenters. The highest BCUT2D eigenvalue weighted by Gasteiger charge is 2.07. The molecule has 1 N–H and O–H groups in total. The third-order valence-corrected chi connectivity index (χ3v) is 2.77. The molecule has 0 atom stereocenters. The highest BCUT2D eigenvalue weighted by molar-refractivity contribution is 5.89. The van der Waals surface area contributed by atoms with E-state index < -0.39 is 5.97 Å². The fraction of sp³-hybridized carbons (Fsp3) is 0.200. The van der Waals surface area contributed by atoms with Gasteiger partial charge < -0.3 is 9.84 Å². The second-order valence-electron chi connectivity index (χ2n) is 4.27. The normalized spacial score (nSPS) is 10.4. The summed E-state index contributed by atoms with van der Waals surface area (Å²) in [5.41, 5.74) is 2.90. The summed E-state index contributed by atoms with van der Waals surface area (Å²) in [6.45, 7) is 2.67. The molecule has 1 aromatic carbocycles. The van der Waals surface area contributed by atoms with Crippen molar-refractivity contribution in [1.29, 1.82) is 0 Å². The molecule has 0 saturated heterocycles. The third kappa shape index (κ3) is 3.63. The lowest BCUT2D eigenvalue weighted by Crippen LogP contribution is -2.01. The first-order valence-electron chi connectivity index (χ1n) is 5.97. The molecule has 0 bridgehead atoms. The van der Waals surface area contributed by atoms with Crippen molar-refractivity contribution < 1.29 is 14.6 Å². The monoisotopic (exact) mass is 257 g/mol. The number of aromatic carboxylic acids is 1. The molecule has 4 heteroatoms. The van der Waals surface area contributed by atoms with Gasteiger partial charge in [-0.25, -0.2) is 4.79 Å². The lowest BCUT2D eigenvalue weighted by atomic mass is 10.1. The molecule has 4 nitrogen and oxygen atoms in total. The number of pyridine rings is 1. The Morgan fingerprint density at radius 1 is 1.26 bits per heavy atom. The summed E-state index contributed by atoms with van der Waals surface area (Å²) in [6.07, 6.45) is 1.73. The highest BCUT2D eigenvalue weighted by Crippen LogP contribution is 2.12. The van der Waals surface area contributed by atoms with Crippen LogP contribution < -0.4 is 0 Å². The van der Waals surface area contributed by atoms with Crippen molar-refractivity contribution in [3.63, 3.8) is 0 Å². The first kappa shape index (κ1) is 13.2. The summed E-state index contributed by atoms with van der Waals surface area (Å²) in [7, 11) is 0. The second-order valence-corrected chi connectivity index (χ2v) is 4.27. The highest BCUT2D eigenvalue weighted by atomic mass is 16.5. The van der Waals surface area contributed by atoms with Crippen molar-refractivity contribution in [2.45, 2.75) is 20.1 Å². The van der Waals surface area contributed by atoms with Crippen molar-refractivity contribution in [2.75, 3.05) is 0 Å². The zero-order chi connectivity index (χ0) is 13.7. The van der Waals surface area contributed by atoms with Crippen LogP contribution in [0.25, 0.3) is 0 Å². The number of carbonyl (C=O) groups is 1. The van der Waals surface area contributed by atoms with Crippen LogP contribution in [0, 0.1) is 6.92 Å². The first-order chi connectivity index (χ1) is 9.16. The van der Waals surface area contributed by atoms with Crippen molar-refractivity contribution in [3.8, 4) is 0 Å². The maximum atomic E-state index is 10.9. The average molecular weight is 257 g/mol. The van der Waals surface area contributed by atoms with Crippen LogP contribution in [0.2, 0.25) is 0 Å². The number of benzene rings is 1. The molecule has 98 valence electrons. The standard InChI is InChI=1S/C15H15NO3/c1-11-8-12(5-6-14(11)15(17)18)9-19-10-13-4-2-3-7-16-13/h2-8H,9-10H2,1H3,(H,17,18). The van der Waals surface area contributed by atoms with E-state index in [0.29, 0.717) is 18.8 Å². The van der Waals surface area contributed by atoms with Crippen LogP contribution in [0.3, 0.4) is 0 Å². The Kier molecular flexibility index (Phi) is 4.26. The predicted octanol–water partition coefficient (Wildman–Crippen LogP) is 2.81. The van der Waals surface area contributed by atoms with Crippen LogP contribution in [0.15, 0.2) is 42.6 Å². The minimum Gasteiger partial charge on any atom is -0.478 e. The SMILES string of the molecule is Cc1cc(COCc2ccccn2)ccc1C(=O)O. The van der Waals surface area contributed by atoms with Crippen LogP contribution in [-0.2, 0) is 18.0 Å². The van der Waals surface area contributed by atoms with Crippen LogP contribution in [-0.4, -0.2) is 16.1 Å². The van der Waals surface area contributed by atoms with Gasteiger partial charge in [-0.2, -0.15) is 0 Å². The molecule has 0 aliphatic carbocycles. The average Bonchev–Trinajstić information content (AvgIpc) is 2.39. The van der Waals surface area contributed by atoms with Gasteiger partial charge in [0.1, 0.15) is 0 Å². The van der Waals surface area contributed by atoms with Gasteiger partial charge in [-0.1, -0.05) is 18.2 Å². The van der Waals surface area contributed by atoms with Gasteiger partial charge in [0.05, 0.1) is 24.5 Å². The van der Waals surface area contributed by atoms with E-state index in [4.69, 9.17) is 9.84 Å². The summed E-state index contributed by atoms with van der Waals surface area (Å²) in [5.74, 6) is -0.904. The molecule has 0 fully saturated rings. The zero-order valence-electron chi connectivity index (χ0n) is 10.7. The molecule has 0 aliphatic heterocycles. The van der Waals surface area contributed by atoms with E-state index in [0.717, 1.165) is 16.8 Å². The van der Waals surface area contributed by atoms with Crippen LogP contribution in [0.1, 0.15) is 27.2 Å². The van der Waals surface area contributed by atoms with Gasteiger partial charge in [-0.3, -0.25) is 4.98 Å². The molecular weight excluding hydrogens is 242 g/mol. The van der Waals surface area contributed by atoms with Crippen LogP contribution >= 0.6 is 0 Å². The second kappa shape index (κ2) is 6.11. The van der Waals surface area contributed by atoms with E-state index in [2.05, 4.69) is 4.98 Å². The molecule has 19 heavy (non-hydrogen) atoms. The topological polar surface area (TPSA) is 59.4 Å². The Balaban J connectivity index is 1.93. The van der Waals surface area contributed by atoms with Gasteiger partial charge in [0.15, 0.2) is 0 Å². The van der Waals surface area contributed by atoms with E-state index in [-0.39, 0.29) is 0 Å². The molecule has 0 amide bonds. The smallest absolute Gasteiger partial charge is 0.335 e. The van der Waals surface area contributed by atoms with Crippen molar-refractivity contribution in [2.24, 2.45) is 0 Å². The minimum atomic E-state index is -0.904. The number of rotatable bonds is 5. The summed E-state index contributed by atoms with van der Waals surface area (Å²) in [6, 6.07) is 10.9. The summed E-state index contributed by atoms with van der Waals surface area (Å²) in [5, 5.41) is 8.94. The Labute approximate surface area is 111 Å². The Hall–Kier alpha value is -2.20. The minimum absolute atomic E-state index is 0.327. The number of carboxylic acid groups (broad SMARTS) is 1.